The molecule has 1 amide bonds. The molecule has 2 fully saturated rings. The van der Waals surface area contributed by atoms with Crippen LogP contribution in [-0.4, -0.2) is 78.1 Å². The van der Waals surface area contributed by atoms with Crippen LogP contribution in [0.3, 0.4) is 0 Å². The maximum Gasteiger partial charge on any atom is 0.276 e. The summed E-state index contributed by atoms with van der Waals surface area (Å²) in [7, 11) is 1.69. The highest BCUT2D eigenvalue weighted by molar-refractivity contribution is 5.92. The standard InChI is InChI=1S/C23H32N4O3/c1-29-17-20-9-5-6-10-27(20)23(28)21-18-30-22(24-21)16-26-13-11-25(12-14-26)15-19-7-3-2-4-8-19/h2-4,7-8,18,20H,5-6,9-17H2,1H3. The molecule has 2 saturated heterocycles. The number of rotatable bonds is 7. The van der Waals surface area contributed by atoms with Crippen molar-refractivity contribution in [2.75, 3.05) is 46.4 Å². The Morgan fingerprint density at radius 3 is 2.53 bits per heavy atom. The second kappa shape index (κ2) is 10.2. The number of piperazine rings is 1. The first-order valence-electron chi connectivity index (χ1n) is 11.0. The lowest BCUT2D eigenvalue weighted by molar-refractivity contribution is 0.0423. The Morgan fingerprint density at radius 1 is 1.07 bits per heavy atom. The molecule has 7 heteroatoms. The van der Waals surface area contributed by atoms with Gasteiger partial charge in [-0.15, -0.1) is 0 Å². The van der Waals surface area contributed by atoms with Gasteiger partial charge in [0, 0.05) is 46.4 Å². The van der Waals surface area contributed by atoms with Crippen molar-refractivity contribution >= 4 is 5.91 Å². The first kappa shape index (κ1) is 21.0. The highest BCUT2D eigenvalue weighted by Crippen LogP contribution is 2.20. The first-order chi connectivity index (χ1) is 14.7. The van der Waals surface area contributed by atoms with Crippen molar-refractivity contribution in [2.45, 2.75) is 38.4 Å². The lowest BCUT2D eigenvalue weighted by Crippen LogP contribution is -2.46. The number of amides is 1. The molecule has 7 nitrogen and oxygen atoms in total. The molecule has 0 saturated carbocycles. The lowest BCUT2D eigenvalue weighted by Gasteiger charge is -2.34. The first-order valence-corrected chi connectivity index (χ1v) is 11.0. The molecule has 30 heavy (non-hydrogen) atoms. The Bertz CT molecular complexity index is 800. The van der Waals surface area contributed by atoms with Gasteiger partial charge in [0.2, 0.25) is 5.89 Å². The molecule has 0 N–H and O–H groups in total. The molecule has 2 aliphatic rings. The van der Waals surface area contributed by atoms with Crippen LogP contribution in [0.1, 0.15) is 41.2 Å². The zero-order valence-electron chi connectivity index (χ0n) is 17.8. The van der Waals surface area contributed by atoms with Crippen molar-refractivity contribution in [3.05, 3.63) is 53.7 Å². The van der Waals surface area contributed by atoms with Crippen LogP contribution in [0.4, 0.5) is 0 Å². The van der Waals surface area contributed by atoms with E-state index in [0.717, 1.165) is 58.5 Å². The number of nitrogens with zero attached hydrogens (tertiary/aromatic N) is 4. The largest absolute Gasteiger partial charge is 0.447 e. The number of oxazole rings is 1. The monoisotopic (exact) mass is 412 g/mol. The van der Waals surface area contributed by atoms with Crippen molar-refractivity contribution in [2.24, 2.45) is 0 Å². The van der Waals surface area contributed by atoms with Crippen LogP contribution in [0.5, 0.6) is 0 Å². The molecule has 0 bridgehead atoms. The quantitative estimate of drug-likeness (QED) is 0.697. The molecular formula is C23H32N4O3. The second-order valence-corrected chi connectivity index (χ2v) is 8.27. The van der Waals surface area contributed by atoms with Gasteiger partial charge >= 0.3 is 0 Å². The number of hydrogen-bond acceptors (Lipinski definition) is 6. The van der Waals surface area contributed by atoms with Crippen molar-refractivity contribution in [3.63, 3.8) is 0 Å². The van der Waals surface area contributed by atoms with Gasteiger partial charge in [0.1, 0.15) is 6.26 Å². The fourth-order valence-corrected chi connectivity index (χ4v) is 4.40. The summed E-state index contributed by atoms with van der Waals surface area (Å²) in [4.78, 5) is 24.2. The Labute approximate surface area is 178 Å². The average molecular weight is 413 g/mol. The number of piperidine rings is 1. The van der Waals surface area contributed by atoms with Gasteiger partial charge < -0.3 is 14.1 Å². The highest BCUT2D eigenvalue weighted by Gasteiger charge is 2.29. The second-order valence-electron chi connectivity index (χ2n) is 8.27. The summed E-state index contributed by atoms with van der Waals surface area (Å²) in [5, 5.41) is 0. The van der Waals surface area contributed by atoms with Gasteiger partial charge in [-0.1, -0.05) is 30.3 Å². The minimum absolute atomic E-state index is 0.0422. The molecule has 1 aromatic carbocycles. The van der Waals surface area contributed by atoms with Crippen LogP contribution in [0, 0.1) is 0 Å². The van der Waals surface area contributed by atoms with Gasteiger partial charge in [0.25, 0.3) is 5.91 Å². The Balaban J connectivity index is 1.28. The van der Waals surface area contributed by atoms with Gasteiger partial charge in [-0.05, 0) is 24.8 Å². The fraction of sp³-hybridized carbons (Fsp3) is 0.565. The number of ether oxygens (including phenoxy) is 1. The van der Waals surface area contributed by atoms with Crippen LogP contribution >= 0.6 is 0 Å². The third-order valence-electron chi connectivity index (χ3n) is 6.09. The molecule has 0 radical (unpaired) electrons. The van der Waals surface area contributed by atoms with E-state index in [0.29, 0.717) is 24.7 Å². The molecule has 162 valence electrons. The predicted octanol–water partition coefficient (Wildman–Crippen LogP) is 2.63. The molecule has 2 aromatic rings. The number of hydrogen-bond donors (Lipinski definition) is 0. The molecule has 4 rings (SSSR count). The van der Waals surface area contributed by atoms with Gasteiger partial charge in [-0.3, -0.25) is 14.6 Å². The molecular weight excluding hydrogens is 380 g/mol. The summed E-state index contributed by atoms with van der Waals surface area (Å²) in [6.07, 6.45) is 4.67. The highest BCUT2D eigenvalue weighted by atomic mass is 16.5. The molecule has 1 atom stereocenters. The van der Waals surface area contributed by atoms with Crippen LogP contribution in [0.2, 0.25) is 0 Å². The number of benzene rings is 1. The smallest absolute Gasteiger partial charge is 0.276 e. The van der Waals surface area contributed by atoms with Crippen molar-refractivity contribution in [1.82, 2.24) is 19.7 Å². The van der Waals surface area contributed by atoms with Crippen molar-refractivity contribution < 1.29 is 13.9 Å². The Morgan fingerprint density at radius 2 is 1.80 bits per heavy atom. The SMILES string of the molecule is COCC1CCCCN1C(=O)c1coc(CN2CCN(Cc3ccccc3)CC2)n1. The van der Waals surface area contributed by atoms with Crippen molar-refractivity contribution in [3.8, 4) is 0 Å². The minimum atomic E-state index is -0.0422. The third-order valence-corrected chi connectivity index (χ3v) is 6.09. The van der Waals surface area contributed by atoms with E-state index in [-0.39, 0.29) is 11.9 Å². The maximum atomic E-state index is 12.9. The van der Waals surface area contributed by atoms with Crippen LogP contribution < -0.4 is 0 Å². The topological polar surface area (TPSA) is 62.1 Å². The van der Waals surface area contributed by atoms with E-state index in [2.05, 4.69) is 45.1 Å². The molecule has 1 unspecified atom stereocenters. The summed E-state index contributed by atoms with van der Waals surface area (Å²) in [5.74, 6) is 0.578. The van der Waals surface area contributed by atoms with Crippen molar-refractivity contribution in [1.29, 1.82) is 0 Å². The van der Waals surface area contributed by atoms with E-state index in [1.165, 1.54) is 11.8 Å². The lowest BCUT2D eigenvalue weighted by atomic mass is 10.0. The van der Waals surface area contributed by atoms with E-state index in [1.807, 2.05) is 4.90 Å². The zero-order chi connectivity index (χ0) is 20.8. The van der Waals surface area contributed by atoms with Gasteiger partial charge in [-0.2, -0.15) is 0 Å². The van der Waals surface area contributed by atoms with E-state index in [1.54, 1.807) is 7.11 Å². The maximum absolute atomic E-state index is 12.9. The summed E-state index contributed by atoms with van der Waals surface area (Å²) in [5.41, 5.74) is 1.77. The van der Waals surface area contributed by atoms with Gasteiger partial charge in [0.15, 0.2) is 5.69 Å². The van der Waals surface area contributed by atoms with E-state index in [9.17, 15) is 4.79 Å². The summed E-state index contributed by atoms with van der Waals surface area (Å²) in [6, 6.07) is 10.7. The van der Waals surface area contributed by atoms with Gasteiger partial charge in [0.05, 0.1) is 19.2 Å². The summed E-state index contributed by atoms with van der Waals surface area (Å²) >= 11 is 0. The fourth-order valence-electron chi connectivity index (χ4n) is 4.40. The molecule has 0 spiro atoms. The molecule has 0 aliphatic carbocycles. The Hall–Kier alpha value is -2.22. The normalized spacial score (nSPS) is 21.1. The van der Waals surface area contributed by atoms with Crippen LogP contribution in [0.25, 0.3) is 0 Å². The minimum Gasteiger partial charge on any atom is -0.447 e. The van der Waals surface area contributed by atoms with E-state index < -0.39 is 0 Å². The van der Waals surface area contributed by atoms with E-state index in [4.69, 9.17) is 9.15 Å². The average Bonchev–Trinajstić information content (AvgIpc) is 3.24. The van der Waals surface area contributed by atoms with Gasteiger partial charge in [-0.25, -0.2) is 4.98 Å². The summed E-state index contributed by atoms with van der Waals surface area (Å²) in [6.45, 7) is 6.96. The number of carbonyl (C=O) groups excluding carboxylic acids is 1. The van der Waals surface area contributed by atoms with Crippen LogP contribution in [-0.2, 0) is 17.8 Å². The molecule has 3 heterocycles. The molecule has 1 aromatic heterocycles. The number of aromatic nitrogens is 1. The number of methoxy groups -OCH3 is 1. The Kier molecular flexibility index (Phi) is 7.15. The summed E-state index contributed by atoms with van der Waals surface area (Å²) < 4.78 is 11.0. The predicted molar refractivity (Wildman–Crippen MR) is 114 cm³/mol. The van der Waals surface area contributed by atoms with Crippen LogP contribution in [0.15, 0.2) is 41.0 Å². The third kappa shape index (κ3) is 5.28. The number of likely N-dealkylation sites (tertiary alicyclic amines) is 1. The zero-order valence-corrected chi connectivity index (χ0v) is 17.8. The number of carbonyl (C=O) groups is 1. The van der Waals surface area contributed by atoms with E-state index >= 15 is 0 Å². The molecule has 2 aliphatic heterocycles.